The van der Waals surface area contributed by atoms with Crippen molar-refractivity contribution < 1.29 is 14.3 Å². The number of methoxy groups -OCH3 is 1. The van der Waals surface area contributed by atoms with Gasteiger partial charge in [0.25, 0.3) is 0 Å². The van der Waals surface area contributed by atoms with E-state index < -0.39 is 11.5 Å². The van der Waals surface area contributed by atoms with E-state index in [2.05, 4.69) is 6.07 Å². The molecule has 4 heteroatoms. The lowest BCUT2D eigenvalue weighted by atomic mass is 9.62. The van der Waals surface area contributed by atoms with Gasteiger partial charge >= 0.3 is 0 Å². The molecule has 0 bridgehead atoms. The number of ether oxygens (including phenoxy) is 1. The van der Waals surface area contributed by atoms with Crippen molar-refractivity contribution in [2.75, 3.05) is 7.11 Å². The number of hydrogen-bond acceptors (Lipinski definition) is 4. The van der Waals surface area contributed by atoms with Gasteiger partial charge in [-0.2, -0.15) is 5.26 Å². The number of fused-ring (bicyclic) bond motifs is 1. The van der Waals surface area contributed by atoms with Gasteiger partial charge in [0.2, 0.25) is 0 Å². The summed E-state index contributed by atoms with van der Waals surface area (Å²) in [4.78, 5) is 23.8. The topological polar surface area (TPSA) is 67.2 Å². The molecule has 3 atom stereocenters. The number of rotatable bonds is 1. The summed E-state index contributed by atoms with van der Waals surface area (Å²) in [6, 6.07) is 2.15. The van der Waals surface area contributed by atoms with E-state index in [9.17, 15) is 14.9 Å². The average Bonchev–Trinajstić information content (AvgIpc) is 2.48. The molecule has 17 heavy (non-hydrogen) atoms. The summed E-state index contributed by atoms with van der Waals surface area (Å²) in [6.07, 6.45) is 4.59. The summed E-state index contributed by atoms with van der Waals surface area (Å²) in [5, 5.41) is 9.46. The number of nitrogens with zero attached hydrogens (tertiary/aromatic N) is 1. The fourth-order valence-corrected chi connectivity index (χ4v) is 2.95. The highest BCUT2D eigenvalue weighted by Crippen LogP contribution is 2.45. The minimum atomic E-state index is -1.16. The highest BCUT2D eigenvalue weighted by Gasteiger charge is 2.55. The molecule has 0 saturated heterocycles. The van der Waals surface area contributed by atoms with E-state index in [1.165, 1.54) is 13.2 Å². The van der Waals surface area contributed by atoms with Gasteiger partial charge in [0.1, 0.15) is 11.2 Å². The maximum Gasteiger partial charge on any atom is 0.178 e. The van der Waals surface area contributed by atoms with Crippen LogP contribution in [0.5, 0.6) is 0 Å². The third kappa shape index (κ3) is 1.71. The first kappa shape index (κ1) is 12.0. The van der Waals surface area contributed by atoms with Crippen LogP contribution in [-0.4, -0.2) is 24.8 Å². The van der Waals surface area contributed by atoms with Crippen LogP contribution < -0.4 is 0 Å². The molecule has 0 aromatic heterocycles. The van der Waals surface area contributed by atoms with E-state index in [1.54, 1.807) is 6.08 Å². The minimum Gasteiger partial charge on any atom is -0.379 e. The van der Waals surface area contributed by atoms with Crippen LogP contribution in [-0.2, 0) is 14.3 Å². The van der Waals surface area contributed by atoms with E-state index in [0.717, 1.165) is 6.42 Å². The van der Waals surface area contributed by atoms with Crippen molar-refractivity contribution in [3.05, 3.63) is 12.2 Å². The Labute approximate surface area is 100 Å². The number of allylic oxidation sites excluding steroid dienone is 2. The van der Waals surface area contributed by atoms with Crippen LogP contribution in [0.1, 0.15) is 25.7 Å². The summed E-state index contributed by atoms with van der Waals surface area (Å²) >= 11 is 0. The highest BCUT2D eigenvalue weighted by atomic mass is 16.5. The van der Waals surface area contributed by atoms with Crippen molar-refractivity contribution >= 4 is 11.6 Å². The molecule has 0 aliphatic heterocycles. The number of carbonyl (C=O) groups excluding carboxylic acids is 2. The van der Waals surface area contributed by atoms with E-state index >= 15 is 0 Å². The Kier molecular flexibility index (Phi) is 3.12. The molecule has 0 N–H and O–H groups in total. The Morgan fingerprint density at radius 3 is 2.88 bits per heavy atom. The lowest BCUT2D eigenvalue weighted by Gasteiger charge is -2.41. The Hall–Kier alpha value is -1.47. The maximum atomic E-state index is 12.2. The Bertz CT molecular complexity index is 421. The molecule has 0 unspecified atom stereocenters. The van der Waals surface area contributed by atoms with Crippen LogP contribution in [0.3, 0.4) is 0 Å². The number of carbonyl (C=O) groups is 2. The summed E-state index contributed by atoms with van der Waals surface area (Å²) in [5.41, 5.74) is -1.16. The molecular weight excluding hydrogens is 218 g/mol. The molecule has 0 spiro atoms. The largest absolute Gasteiger partial charge is 0.379 e. The van der Waals surface area contributed by atoms with Crippen LogP contribution in [0.25, 0.3) is 0 Å². The molecule has 2 aliphatic carbocycles. The molecule has 1 fully saturated rings. The van der Waals surface area contributed by atoms with E-state index in [4.69, 9.17) is 4.74 Å². The molecule has 2 rings (SSSR count). The molecule has 0 aromatic rings. The molecule has 1 saturated carbocycles. The van der Waals surface area contributed by atoms with Gasteiger partial charge in [0, 0.05) is 20.0 Å². The van der Waals surface area contributed by atoms with E-state index in [0.29, 0.717) is 12.8 Å². The zero-order valence-corrected chi connectivity index (χ0v) is 9.81. The third-order valence-electron chi connectivity index (χ3n) is 3.87. The van der Waals surface area contributed by atoms with Crippen LogP contribution in [0.4, 0.5) is 0 Å². The minimum absolute atomic E-state index is 0.0856. The quantitative estimate of drug-likeness (QED) is 0.686. The molecule has 0 aromatic carbocycles. The molecule has 90 valence electrons. The fourth-order valence-electron chi connectivity index (χ4n) is 2.95. The van der Waals surface area contributed by atoms with Crippen molar-refractivity contribution in [1.29, 1.82) is 5.26 Å². The normalized spacial score (nSPS) is 37.2. The van der Waals surface area contributed by atoms with Gasteiger partial charge in [0.15, 0.2) is 5.78 Å². The number of nitriles is 1. The maximum absolute atomic E-state index is 12.2. The van der Waals surface area contributed by atoms with Crippen molar-refractivity contribution in [3.8, 4) is 6.07 Å². The first-order valence-electron chi connectivity index (χ1n) is 5.82. The first-order valence-corrected chi connectivity index (χ1v) is 5.82. The van der Waals surface area contributed by atoms with Gasteiger partial charge in [-0.15, -0.1) is 0 Å². The molecule has 0 heterocycles. The Balaban J connectivity index is 2.48. The molecule has 4 nitrogen and oxygen atoms in total. The van der Waals surface area contributed by atoms with E-state index in [1.807, 2.05) is 0 Å². The van der Waals surface area contributed by atoms with Crippen LogP contribution in [0, 0.1) is 22.7 Å². The first-order chi connectivity index (χ1) is 8.15. The van der Waals surface area contributed by atoms with Crippen molar-refractivity contribution in [3.63, 3.8) is 0 Å². The second-order valence-corrected chi connectivity index (χ2v) is 4.69. The predicted molar refractivity (Wildman–Crippen MR) is 60.0 cm³/mol. The summed E-state index contributed by atoms with van der Waals surface area (Å²) < 4.78 is 5.25. The van der Waals surface area contributed by atoms with Gasteiger partial charge in [-0.3, -0.25) is 9.59 Å². The lowest BCUT2D eigenvalue weighted by Crippen LogP contribution is -2.52. The fraction of sp³-hybridized carbons (Fsp3) is 0.615. The van der Waals surface area contributed by atoms with Crippen LogP contribution in [0.2, 0.25) is 0 Å². The SMILES string of the molecule is CO[C@H]1CC(=O)C[C@H]2CCC=CC(=O)[C@]21C#N. The van der Waals surface area contributed by atoms with Gasteiger partial charge in [-0.05, 0) is 24.8 Å². The van der Waals surface area contributed by atoms with E-state index in [-0.39, 0.29) is 23.9 Å². The van der Waals surface area contributed by atoms with Crippen molar-refractivity contribution in [1.82, 2.24) is 0 Å². The second kappa shape index (κ2) is 4.42. The van der Waals surface area contributed by atoms with Gasteiger partial charge in [-0.25, -0.2) is 0 Å². The Morgan fingerprint density at radius 1 is 1.47 bits per heavy atom. The van der Waals surface area contributed by atoms with Gasteiger partial charge in [0.05, 0.1) is 12.2 Å². The third-order valence-corrected chi connectivity index (χ3v) is 3.87. The predicted octanol–water partition coefficient (Wildman–Crippen LogP) is 1.41. The molecule has 2 aliphatic rings. The molecule has 0 radical (unpaired) electrons. The zero-order chi connectivity index (χ0) is 12.5. The van der Waals surface area contributed by atoms with Crippen LogP contribution in [0.15, 0.2) is 12.2 Å². The second-order valence-electron chi connectivity index (χ2n) is 4.69. The Morgan fingerprint density at radius 2 is 2.24 bits per heavy atom. The number of ketones is 2. The lowest BCUT2D eigenvalue weighted by molar-refractivity contribution is -0.143. The summed E-state index contributed by atoms with van der Waals surface area (Å²) in [7, 11) is 1.46. The van der Waals surface area contributed by atoms with Gasteiger partial charge < -0.3 is 4.74 Å². The van der Waals surface area contributed by atoms with Crippen molar-refractivity contribution in [2.24, 2.45) is 11.3 Å². The smallest absolute Gasteiger partial charge is 0.178 e. The standard InChI is InChI=1S/C13H15NO3/c1-17-12-7-10(15)6-9-4-2-3-5-11(16)13(9,12)8-14/h3,5,9,12H,2,4,6-7H2,1H3/t9-,12+,13+/m1/s1. The van der Waals surface area contributed by atoms with Crippen molar-refractivity contribution in [2.45, 2.75) is 31.8 Å². The van der Waals surface area contributed by atoms with Crippen LogP contribution >= 0.6 is 0 Å². The monoisotopic (exact) mass is 233 g/mol. The highest BCUT2D eigenvalue weighted by molar-refractivity contribution is 6.00. The number of Topliss-reactive ketones (excluding diaryl/α,β-unsaturated/α-hetero) is 1. The molecule has 0 amide bonds. The summed E-state index contributed by atoms with van der Waals surface area (Å²) in [6.45, 7) is 0. The average molecular weight is 233 g/mol. The van der Waals surface area contributed by atoms with Gasteiger partial charge in [-0.1, -0.05) is 6.08 Å². The molecular formula is C13H15NO3. The zero-order valence-electron chi connectivity index (χ0n) is 9.81. The number of hydrogen-bond donors (Lipinski definition) is 0. The summed E-state index contributed by atoms with van der Waals surface area (Å²) in [5.74, 6) is -0.328.